The van der Waals surface area contributed by atoms with Crippen LogP contribution in [0.2, 0.25) is 0 Å². The highest BCUT2D eigenvalue weighted by molar-refractivity contribution is 14.1. The lowest BCUT2D eigenvalue weighted by Gasteiger charge is -2.27. The zero-order valence-electron chi connectivity index (χ0n) is 17.2. The predicted octanol–water partition coefficient (Wildman–Crippen LogP) is 4.51. The van der Waals surface area contributed by atoms with Gasteiger partial charge < -0.3 is 10.1 Å². The van der Waals surface area contributed by atoms with E-state index in [1.807, 2.05) is 18.2 Å². The number of carbonyl (C=O) groups excluding carboxylic acids is 1. The van der Waals surface area contributed by atoms with E-state index in [4.69, 9.17) is 9.84 Å². The van der Waals surface area contributed by atoms with Crippen molar-refractivity contribution >= 4 is 50.9 Å². The number of imidazole rings is 1. The number of hydrogen-bond donors (Lipinski definition) is 1. The summed E-state index contributed by atoms with van der Waals surface area (Å²) in [6.07, 6.45) is 10.1. The van der Waals surface area contributed by atoms with Gasteiger partial charge in [0.1, 0.15) is 5.75 Å². The third-order valence-electron chi connectivity index (χ3n) is 6.02. The Kier molecular flexibility index (Phi) is 5.51. The molecule has 0 saturated heterocycles. The van der Waals surface area contributed by atoms with Crippen LogP contribution in [-0.4, -0.2) is 41.8 Å². The van der Waals surface area contributed by atoms with E-state index in [-0.39, 0.29) is 5.91 Å². The van der Waals surface area contributed by atoms with Crippen LogP contribution in [0.4, 0.5) is 5.82 Å². The molecule has 160 valence electrons. The normalized spacial score (nSPS) is 19.0. The molecule has 0 bridgehead atoms. The van der Waals surface area contributed by atoms with E-state index in [0.717, 1.165) is 29.7 Å². The van der Waals surface area contributed by atoms with Gasteiger partial charge in [-0.25, -0.2) is 4.98 Å². The van der Waals surface area contributed by atoms with Gasteiger partial charge >= 0.3 is 0 Å². The van der Waals surface area contributed by atoms with Gasteiger partial charge in [-0.05, 0) is 49.8 Å². The lowest BCUT2D eigenvalue weighted by atomic mass is 9.87. The fraction of sp³-hybridized carbons (Fsp3) is 0.364. The molecule has 0 unspecified atom stereocenters. The van der Waals surface area contributed by atoms with Crippen LogP contribution in [0.5, 0.6) is 5.75 Å². The average Bonchev–Trinajstić information content (AvgIpc) is 3.42. The van der Waals surface area contributed by atoms with Crippen LogP contribution in [0.3, 0.4) is 0 Å². The third kappa shape index (κ3) is 3.86. The molecular weight excluding hydrogens is 507 g/mol. The summed E-state index contributed by atoms with van der Waals surface area (Å²) < 4.78 is 10.4. The Morgan fingerprint density at radius 1 is 1.29 bits per heavy atom. The number of amides is 1. The molecule has 1 aliphatic carbocycles. The van der Waals surface area contributed by atoms with E-state index in [0.29, 0.717) is 28.8 Å². The highest BCUT2D eigenvalue weighted by Crippen LogP contribution is 2.34. The molecule has 1 amide bonds. The molecule has 1 fully saturated rings. The summed E-state index contributed by atoms with van der Waals surface area (Å²) in [7, 11) is 1.57. The number of rotatable bonds is 5. The number of methoxy groups -OCH3 is 1. The molecule has 0 atom stereocenters. The Hall–Kier alpha value is -2.69. The van der Waals surface area contributed by atoms with Crippen LogP contribution in [0.15, 0.2) is 42.9 Å². The van der Waals surface area contributed by atoms with Crippen molar-refractivity contribution in [2.24, 2.45) is 5.92 Å². The molecule has 31 heavy (non-hydrogen) atoms. The number of aromatic nitrogens is 5. The second kappa shape index (κ2) is 8.45. The molecule has 0 spiro atoms. The van der Waals surface area contributed by atoms with Crippen molar-refractivity contribution < 1.29 is 9.53 Å². The van der Waals surface area contributed by atoms with Crippen LogP contribution >= 0.6 is 22.6 Å². The van der Waals surface area contributed by atoms with E-state index < -0.39 is 0 Å². The Labute approximate surface area is 193 Å². The fourth-order valence-corrected chi connectivity index (χ4v) is 5.15. The minimum Gasteiger partial charge on any atom is -0.496 e. The van der Waals surface area contributed by atoms with Crippen molar-refractivity contribution in [1.29, 1.82) is 0 Å². The largest absolute Gasteiger partial charge is 0.496 e. The van der Waals surface area contributed by atoms with Crippen molar-refractivity contribution in [3.8, 4) is 5.75 Å². The monoisotopic (exact) mass is 530 g/mol. The third-order valence-corrected chi connectivity index (χ3v) is 7.26. The number of fused-ring (bicyclic) bond motifs is 2. The zero-order chi connectivity index (χ0) is 21.4. The average molecular weight is 530 g/mol. The highest BCUT2D eigenvalue weighted by atomic mass is 127. The summed E-state index contributed by atoms with van der Waals surface area (Å²) in [4.78, 5) is 17.3. The molecule has 0 aliphatic heterocycles. The molecular formula is C22H23IN6O2. The number of nitrogens with one attached hydrogen (secondary N) is 1. The van der Waals surface area contributed by atoms with Crippen molar-refractivity contribution in [3.05, 3.63) is 48.4 Å². The quantitative estimate of drug-likeness (QED) is 0.303. The maximum Gasteiger partial charge on any atom is 0.260 e. The van der Waals surface area contributed by atoms with Gasteiger partial charge in [0.25, 0.3) is 5.91 Å². The van der Waals surface area contributed by atoms with E-state index in [1.165, 1.54) is 17.3 Å². The van der Waals surface area contributed by atoms with Crippen molar-refractivity contribution in [2.75, 3.05) is 16.9 Å². The van der Waals surface area contributed by atoms with Gasteiger partial charge in [0.2, 0.25) is 0 Å². The summed E-state index contributed by atoms with van der Waals surface area (Å²) in [5, 5.41) is 12.9. The molecule has 5 rings (SSSR count). The molecule has 1 N–H and O–H groups in total. The fourth-order valence-electron chi connectivity index (χ4n) is 4.27. The number of benzene rings is 1. The smallest absolute Gasteiger partial charge is 0.260 e. The first-order chi connectivity index (χ1) is 15.2. The number of halogens is 1. The highest BCUT2D eigenvalue weighted by Gasteiger charge is 2.23. The SMILES string of the molecule is COc1cc2nn(C3CCC(CI)CC3)cc2cc1C(=O)Nc1cnc2cccnn12. The van der Waals surface area contributed by atoms with Gasteiger partial charge in [-0.2, -0.15) is 14.7 Å². The van der Waals surface area contributed by atoms with E-state index in [1.54, 1.807) is 30.1 Å². The van der Waals surface area contributed by atoms with Crippen molar-refractivity contribution in [3.63, 3.8) is 0 Å². The molecule has 3 heterocycles. The van der Waals surface area contributed by atoms with E-state index >= 15 is 0 Å². The van der Waals surface area contributed by atoms with Crippen LogP contribution in [0.1, 0.15) is 42.1 Å². The first-order valence-electron chi connectivity index (χ1n) is 10.4. The second-order valence-corrected chi connectivity index (χ2v) is 8.82. The molecule has 0 radical (unpaired) electrons. The van der Waals surface area contributed by atoms with Gasteiger partial charge in [0.05, 0.1) is 30.4 Å². The molecule has 1 saturated carbocycles. The summed E-state index contributed by atoms with van der Waals surface area (Å²) in [5.41, 5.74) is 1.95. The Bertz CT molecular complexity index is 1240. The topological polar surface area (TPSA) is 86.3 Å². The minimum atomic E-state index is -0.276. The Balaban J connectivity index is 1.43. The molecule has 1 aliphatic rings. The number of carbonyl (C=O) groups is 1. The second-order valence-electron chi connectivity index (χ2n) is 7.94. The van der Waals surface area contributed by atoms with E-state index in [9.17, 15) is 4.79 Å². The summed E-state index contributed by atoms with van der Waals surface area (Å²) in [5.74, 6) is 1.55. The minimum absolute atomic E-state index is 0.276. The number of hydrogen-bond acceptors (Lipinski definition) is 5. The molecule has 9 heteroatoms. The maximum absolute atomic E-state index is 13.1. The van der Waals surface area contributed by atoms with E-state index in [2.05, 4.69) is 48.9 Å². The van der Waals surface area contributed by atoms with Gasteiger partial charge in [-0.3, -0.25) is 9.48 Å². The summed E-state index contributed by atoms with van der Waals surface area (Å²) >= 11 is 2.49. The lowest BCUT2D eigenvalue weighted by Crippen LogP contribution is -2.19. The van der Waals surface area contributed by atoms with Gasteiger partial charge in [-0.1, -0.05) is 22.6 Å². The van der Waals surface area contributed by atoms with Crippen molar-refractivity contribution in [2.45, 2.75) is 31.7 Å². The molecule has 8 nitrogen and oxygen atoms in total. The van der Waals surface area contributed by atoms with Crippen LogP contribution in [0, 0.1) is 5.92 Å². The predicted molar refractivity (Wildman–Crippen MR) is 127 cm³/mol. The summed E-state index contributed by atoms with van der Waals surface area (Å²) in [6, 6.07) is 7.73. The zero-order valence-corrected chi connectivity index (χ0v) is 19.3. The van der Waals surface area contributed by atoms with Crippen LogP contribution in [0.25, 0.3) is 16.6 Å². The van der Waals surface area contributed by atoms with Gasteiger partial charge in [0.15, 0.2) is 11.5 Å². The maximum atomic E-state index is 13.1. The van der Waals surface area contributed by atoms with Crippen molar-refractivity contribution in [1.82, 2.24) is 24.4 Å². The Morgan fingerprint density at radius 2 is 2.13 bits per heavy atom. The standard InChI is InChI=1S/C22H23IN6O2/c1-31-19-10-18-15(13-28(27-18)16-6-4-14(11-23)5-7-16)9-17(19)22(30)26-21-12-24-20-3-2-8-25-29(20)21/h2-3,8-10,12-14,16H,4-7,11H2,1H3,(H,26,30). The first kappa shape index (κ1) is 20.2. The number of ether oxygens (including phenoxy) is 1. The number of alkyl halides is 1. The number of nitrogens with zero attached hydrogens (tertiary/aromatic N) is 5. The van der Waals surface area contributed by atoms with Gasteiger partial charge in [0, 0.05) is 28.3 Å². The first-order valence-corrected chi connectivity index (χ1v) is 11.9. The molecule has 4 aromatic rings. The molecule has 1 aromatic carbocycles. The number of anilines is 1. The summed E-state index contributed by atoms with van der Waals surface area (Å²) in [6.45, 7) is 0. The lowest BCUT2D eigenvalue weighted by molar-refractivity contribution is 0.102. The molecule has 3 aromatic heterocycles. The van der Waals surface area contributed by atoms with Gasteiger partial charge in [-0.15, -0.1) is 0 Å². The Morgan fingerprint density at radius 3 is 2.90 bits per heavy atom. The van der Waals surface area contributed by atoms with Crippen LogP contribution < -0.4 is 10.1 Å². The van der Waals surface area contributed by atoms with Crippen LogP contribution in [-0.2, 0) is 0 Å².